The Morgan fingerprint density at radius 2 is 1.96 bits per heavy atom. The summed E-state index contributed by atoms with van der Waals surface area (Å²) in [5, 5.41) is 3.57. The van der Waals surface area contributed by atoms with Crippen molar-refractivity contribution in [2.75, 3.05) is 13.3 Å². The number of nitrogens with one attached hydrogen (secondary N) is 1. The van der Waals surface area contributed by atoms with Crippen molar-refractivity contribution < 1.29 is 19.0 Å². The van der Waals surface area contributed by atoms with Crippen LogP contribution in [0.5, 0.6) is 11.5 Å². The molecular formula is C21H21NO4. The summed E-state index contributed by atoms with van der Waals surface area (Å²) in [5.41, 5.74) is 7.29. The molecule has 0 spiro atoms. The number of esters is 1. The fourth-order valence-corrected chi connectivity index (χ4v) is 4.48. The molecule has 0 aromatic heterocycles. The monoisotopic (exact) mass is 351 g/mol. The molecule has 0 fully saturated rings. The van der Waals surface area contributed by atoms with Gasteiger partial charge in [0.1, 0.15) is 6.10 Å². The zero-order valence-corrected chi connectivity index (χ0v) is 15.1. The molecule has 5 nitrogen and oxygen atoms in total. The van der Waals surface area contributed by atoms with Crippen LogP contribution in [-0.2, 0) is 11.2 Å². The fourth-order valence-electron chi connectivity index (χ4n) is 4.48. The lowest BCUT2D eigenvalue weighted by Crippen LogP contribution is -2.34. The Kier molecular flexibility index (Phi) is 3.31. The highest BCUT2D eigenvalue weighted by Gasteiger charge is 2.41. The van der Waals surface area contributed by atoms with Crippen LogP contribution in [0.25, 0.3) is 0 Å². The molecule has 3 heterocycles. The van der Waals surface area contributed by atoms with E-state index in [1.165, 1.54) is 11.1 Å². The highest BCUT2D eigenvalue weighted by atomic mass is 16.7. The van der Waals surface area contributed by atoms with Gasteiger partial charge in [0, 0.05) is 11.1 Å². The van der Waals surface area contributed by atoms with Crippen LogP contribution >= 0.6 is 0 Å². The smallest absolute Gasteiger partial charge is 0.339 e. The van der Waals surface area contributed by atoms with Crippen LogP contribution in [0.2, 0.25) is 0 Å². The van der Waals surface area contributed by atoms with Crippen LogP contribution < -0.4 is 14.8 Å². The van der Waals surface area contributed by atoms with E-state index in [2.05, 4.69) is 24.4 Å². The lowest BCUT2D eigenvalue weighted by Gasteiger charge is -2.32. The number of aryl methyl sites for hydroxylation is 1. The van der Waals surface area contributed by atoms with Crippen LogP contribution in [0, 0.1) is 20.8 Å². The number of fused-ring (bicyclic) bond motifs is 3. The number of hydrogen-bond acceptors (Lipinski definition) is 5. The number of benzene rings is 2. The van der Waals surface area contributed by atoms with Gasteiger partial charge in [0.05, 0.1) is 11.6 Å². The molecule has 134 valence electrons. The van der Waals surface area contributed by atoms with Crippen LogP contribution in [0.4, 0.5) is 0 Å². The molecule has 2 aromatic rings. The summed E-state index contributed by atoms with van der Waals surface area (Å²) in [7, 11) is 0. The topological polar surface area (TPSA) is 56.8 Å². The molecule has 0 bridgehead atoms. The van der Waals surface area contributed by atoms with Crippen molar-refractivity contribution in [1.82, 2.24) is 5.32 Å². The average Bonchev–Trinajstić information content (AvgIpc) is 3.22. The molecule has 1 unspecified atom stereocenters. The highest BCUT2D eigenvalue weighted by Crippen LogP contribution is 2.48. The minimum absolute atomic E-state index is 0.0828. The molecule has 0 radical (unpaired) electrons. The van der Waals surface area contributed by atoms with Crippen LogP contribution in [0.1, 0.15) is 55.9 Å². The van der Waals surface area contributed by atoms with Gasteiger partial charge in [-0.05, 0) is 62.1 Å². The first kappa shape index (κ1) is 15.7. The van der Waals surface area contributed by atoms with Crippen LogP contribution in [0.15, 0.2) is 18.2 Å². The molecule has 26 heavy (non-hydrogen) atoms. The minimum Gasteiger partial charge on any atom is -0.454 e. The number of hydrogen-bond donors (Lipinski definition) is 1. The predicted octanol–water partition coefficient (Wildman–Crippen LogP) is 3.44. The molecule has 0 amide bonds. The number of ether oxygens (including phenoxy) is 3. The second-order valence-electron chi connectivity index (χ2n) is 7.29. The van der Waals surface area contributed by atoms with Gasteiger partial charge in [0.2, 0.25) is 6.79 Å². The van der Waals surface area contributed by atoms with Crippen molar-refractivity contribution in [3.8, 4) is 11.5 Å². The van der Waals surface area contributed by atoms with Gasteiger partial charge in [0.25, 0.3) is 0 Å². The van der Waals surface area contributed by atoms with Gasteiger partial charge in [-0.3, -0.25) is 0 Å². The Bertz CT molecular complexity index is 950. The van der Waals surface area contributed by atoms with Crippen LogP contribution in [0.3, 0.4) is 0 Å². The maximum absolute atomic E-state index is 12.6. The lowest BCUT2D eigenvalue weighted by molar-refractivity contribution is 0.0285. The third-order valence-corrected chi connectivity index (χ3v) is 5.92. The summed E-state index contributed by atoms with van der Waals surface area (Å²) < 4.78 is 17.1. The maximum atomic E-state index is 12.6. The molecule has 3 aliphatic rings. The summed E-state index contributed by atoms with van der Waals surface area (Å²) in [5.74, 6) is 1.40. The summed E-state index contributed by atoms with van der Waals surface area (Å²) in [6.07, 6.45) is 0.596. The molecule has 2 atom stereocenters. The first-order chi connectivity index (χ1) is 12.6. The van der Waals surface area contributed by atoms with E-state index in [9.17, 15) is 4.79 Å². The van der Waals surface area contributed by atoms with Gasteiger partial charge in [-0.1, -0.05) is 12.1 Å². The van der Waals surface area contributed by atoms with Crippen molar-refractivity contribution in [2.24, 2.45) is 0 Å². The summed E-state index contributed by atoms with van der Waals surface area (Å²) in [6, 6.07) is 6.10. The maximum Gasteiger partial charge on any atom is 0.339 e. The molecule has 1 N–H and O–H groups in total. The second-order valence-corrected chi connectivity index (χ2v) is 7.29. The molecule has 5 rings (SSSR count). The molecule has 2 aromatic carbocycles. The first-order valence-electron chi connectivity index (χ1n) is 9.02. The quantitative estimate of drug-likeness (QED) is 0.798. The van der Waals surface area contributed by atoms with E-state index in [1.807, 2.05) is 19.9 Å². The van der Waals surface area contributed by atoms with E-state index < -0.39 is 0 Å². The van der Waals surface area contributed by atoms with E-state index in [0.717, 1.165) is 52.3 Å². The van der Waals surface area contributed by atoms with Gasteiger partial charge < -0.3 is 19.5 Å². The number of rotatable bonds is 1. The number of carbonyl (C=O) groups is 1. The zero-order valence-electron chi connectivity index (χ0n) is 15.1. The Morgan fingerprint density at radius 3 is 2.81 bits per heavy atom. The van der Waals surface area contributed by atoms with E-state index in [0.29, 0.717) is 0 Å². The van der Waals surface area contributed by atoms with Gasteiger partial charge in [-0.2, -0.15) is 0 Å². The van der Waals surface area contributed by atoms with Crippen molar-refractivity contribution in [3.05, 3.63) is 57.1 Å². The Balaban J connectivity index is 1.65. The second kappa shape index (κ2) is 5.48. The van der Waals surface area contributed by atoms with E-state index >= 15 is 0 Å². The molecule has 0 saturated heterocycles. The lowest BCUT2D eigenvalue weighted by atomic mass is 9.84. The molecule has 0 aliphatic carbocycles. The summed E-state index contributed by atoms with van der Waals surface area (Å²) >= 11 is 0. The Hall–Kier alpha value is -2.53. The SMILES string of the molecule is Cc1ccc2c(c1C)C(=O)OC2[C@@H]1NCCc2cc3c(c(C)c21)OCO3. The third-order valence-electron chi connectivity index (χ3n) is 5.92. The zero-order chi connectivity index (χ0) is 18.0. The highest BCUT2D eigenvalue weighted by molar-refractivity contribution is 5.96. The van der Waals surface area contributed by atoms with Crippen LogP contribution in [-0.4, -0.2) is 19.3 Å². The van der Waals surface area contributed by atoms with Gasteiger partial charge >= 0.3 is 5.97 Å². The minimum atomic E-state index is -0.324. The van der Waals surface area contributed by atoms with E-state index in [-0.39, 0.29) is 24.9 Å². The molecule has 5 heteroatoms. The van der Waals surface area contributed by atoms with Gasteiger partial charge in [-0.25, -0.2) is 4.79 Å². The summed E-state index contributed by atoms with van der Waals surface area (Å²) in [6.45, 7) is 7.17. The predicted molar refractivity (Wildman–Crippen MR) is 95.8 cm³/mol. The van der Waals surface area contributed by atoms with Crippen molar-refractivity contribution >= 4 is 5.97 Å². The van der Waals surface area contributed by atoms with E-state index in [1.54, 1.807) is 0 Å². The normalized spacial score (nSPS) is 22.8. The molecular weight excluding hydrogens is 330 g/mol. The largest absolute Gasteiger partial charge is 0.454 e. The van der Waals surface area contributed by atoms with Gasteiger partial charge in [-0.15, -0.1) is 0 Å². The molecule has 3 aliphatic heterocycles. The number of cyclic esters (lactones) is 1. The van der Waals surface area contributed by atoms with Gasteiger partial charge in [0.15, 0.2) is 11.5 Å². The van der Waals surface area contributed by atoms with Crippen molar-refractivity contribution in [1.29, 1.82) is 0 Å². The average molecular weight is 351 g/mol. The first-order valence-corrected chi connectivity index (χ1v) is 9.02. The van der Waals surface area contributed by atoms with Crippen molar-refractivity contribution in [2.45, 2.75) is 39.3 Å². The molecule has 0 saturated carbocycles. The number of carbonyl (C=O) groups excluding carboxylic acids is 1. The standard InChI is InChI=1S/C21H21NO4/c1-10-4-5-14-17(11(10)2)21(23)26-20(14)18-16-12(3)19-15(24-9-25-19)8-13(16)6-7-22-18/h4-5,8,18,20,22H,6-7,9H2,1-3H3/t18-,20?/m1/s1. The summed E-state index contributed by atoms with van der Waals surface area (Å²) in [4.78, 5) is 12.6. The Labute approximate surface area is 152 Å². The Morgan fingerprint density at radius 1 is 1.12 bits per heavy atom. The fraction of sp³-hybridized carbons (Fsp3) is 0.381. The van der Waals surface area contributed by atoms with Crippen molar-refractivity contribution in [3.63, 3.8) is 0 Å². The van der Waals surface area contributed by atoms with E-state index in [4.69, 9.17) is 14.2 Å². The third kappa shape index (κ3) is 2.04.